The van der Waals surface area contributed by atoms with Crippen LogP contribution in [0.3, 0.4) is 0 Å². The Morgan fingerprint density at radius 3 is 2.55 bits per heavy atom. The summed E-state index contributed by atoms with van der Waals surface area (Å²) in [7, 11) is 1.75. The summed E-state index contributed by atoms with van der Waals surface area (Å²) in [6.45, 7) is 1.36. The van der Waals surface area contributed by atoms with E-state index in [4.69, 9.17) is 0 Å². The molecule has 7 heteroatoms. The molecule has 2 aromatic carbocycles. The van der Waals surface area contributed by atoms with Crippen molar-refractivity contribution in [2.24, 2.45) is 7.05 Å². The van der Waals surface area contributed by atoms with Gasteiger partial charge in [-0.25, -0.2) is 4.39 Å². The molecule has 0 spiro atoms. The van der Waals surface area contributed by atoms with Crippen molar-refractivity contribution < 1.29 is 9.18 Å². The number of rotatable bonds is 3. The van der Waals surface area contributed by atoms with Crippen LogP contribution >= 0.6 is 0 Å². The molecule has 0 radical (unpaired) electrons. The van der Waals surface area contributed by atoms with Crippen LogP contribution in [0.15, 0.2) is 53.5 Å². The Morgan fingerprint density at radius 1 is 1.10 bits per heavy atom. The van der Waals surface area contributed by atoms with Gasteiger partial charge in [0.05, 0.1) is 22.6 Å². The first-order valence-corrected chi connectivity index (χ1v) is 9.51. The summed E-state index contributed by atoms with van der Waals surface area (Å²) in [6.07, 6.45) is 1.70. The zero-order valence-electron chi connectivity index (χ0n) is 15.9. The van der Waals surface area contributed by atoms with Gasteiger partial charge in [-0.3, -0.25) is 14.3 Å². The second-order valence-electron chi connectivity index (χ2n) is 7.42. The molecule has 6 nitrogen and oxygen atoms in total. The standard InChI is InChI=1S/C22H19FN4O2/c1-25-21-17-7-6-16(23)10-19(17)27(22(29)18(21)11-24-25)9-8-20(28)26-12-14-4-2-3-5-15(14)13-26/h2-7,10-11H,8-9,12-13H2,1H3. The lowest BCUT2D eigenvalue weighted by atomic mass is 10.1. The molecule has 4 aromatic rings. The Kier molecular flexibility index (Phi) is 3.97. The number of aromatic nitrogens is 3. The number of halogens is 1. The predicted molar refractivity (Wildman–Crippen MR) is 108 cm³/mol. The summed E-state index contributed by atoms with van der Waals surface area (Å²) < 4.78 is 17.1. The zero-order chi connectivity index (χ0) is 20.1. The summed E-state index contributed by atoms with van der Waals surface area (Å²) in [5.41, 5.74) is 3.19. The number of carbonyl (C=O) groups excluding carboxylic acids is 1. The summed E-state index contributed by atoms with van der Waals surface area (Å²) >= 11 is 0. The topological polar surface area (TPSA) is 60.1 Å². The van der Waals surface area contributed by atoms with Gasteiger partial charge in [-0.05, 0) is 29.3 Å². The molecule has 29 heavy (non-hydrogen) atoms. The van der Waals surface area contributed by atoms with E-state index in [9.17, 15) is 14.0 Å². The molecule has 0 fully saturated rings. The van der Waals surface area contributed by atoms with E-state index in [0.29, 0.717) is 29.5 Å². The van der Waals surface area contributed by atoms with Crippen LogP contribution in [0.5, 0.6) is 0 Å². The van der Waals surface area contributed by atoms with Crippen LogP contribution in [0.1, 0.15) is 17.5 Å². The number of aryl methyl sites for hydroxylation is 2. The number of hydrogen-bond acceptors (Lipinski definition) is 3. The van der Waals surface area contributed by atoms with Crippen molar-refractivity contribution in [1.29, 1.82) is 0 Å². The maximum atomic E-state index is 14.0. The van der Waals surface area contributed by atoms with Gasteiger partial charge in [0.1, 0.15) is 5.82 Å². The number of pyridine rings is 1. The quantitative estimate of drug-likeness (QED) is 0.540. The molecule has 0 bridgehead atoms. The van der Waals surface area contributed by atoms with Crippen molar-refractivity contribution in [1.82, 2.24) is 19.2 Å². The molecule has 0 aliphatic carbocycles. The lowest BCUT2D eigenvalue weighted by Crippen LogP contribution is -2.29. The van der Waals surface area contributed by atoms with Gasteiger partial charge in [0, 0.05) is 38.5 Å². The van der Waals surface area contributed by atoms with Crippen LogP contribution in [0, 0.1) is 5.82 Å². The van der Waals surface area contributed by atoms with Crippen molar-refractivity contribution in [3.8, 4) is 0 Å². The van der Waals surface area contributed by atoms with E-state index >= 15 is 0 Å². The fourth-order valence-corrected chi connectivity index (χ4v) is 4.19. The second-order valence-corrected chi connectivity index (χ2v) is 7.42. The van der Waals surface area contributed by atoms with Gasteiger partial charge in [0.15, 0.2) is 0 Å². The molecule has 1 amide bonds. The van der Waals surface area contributed by atoms with Gasteiger partial charge in [0.25, 0.3) is 5.56 Å². The van der Waals surface area contributed by atoms with Crippen molar-refractivity contribution >= 4 is 27.7 Å². The van der Waals surface area contributed by atoms with Crippen molar-refractivity contribution in [2.45, 2.75) is 26.1 Å². The van der Waals surface area contributed by atoms with Gasteiger partial charge in [-0.2, -0.15) is 5.10 Å². The van der Waals surface area contributed by atoms with E-state index in [1.165, 1.54) is 22.9 Å². The highest BCUT2D eigenvalue weighted by Crippen LogP contribution is 2.25. The third-order valence-electron chi connectivity index (χ3n) is 5.66. The minimum absolute atomic E-state index is 0.0241. The minimum Gasteiger partial charge on any atom is -0.334 e. The molecular weight excluding hydrogens is 371 g/mol. The SMILES string of the molecule is Cn1ncc2c(=O)n(CCC(=O)N3Cc4ccccc4C3)c3cc(F)ccc3c21. The smallest absolute Gasteiger partial charge is 0.262 e. The van der Waals surface area contributed by atoms with Crippen LogP contribution in [0.4, 0.5) is 4.39 Å². The molecule has 2 aromatic heterocycles. The lowest BCUT2D eigenvalue weighted by Gasteiger charge is -2.17. The predicted octanol–water partition coefficient (Wildman–Crippen LogP) is 2.96. The molecule has 5 rings (SSSR count). The Morgan fingerprint density at radius 2 is 1.83 bits per heavy atom. The van der Waals surface area contributed by atoms with Crippen LogP contribution in [-0.2, 0) is 31.5 Å². The van der Waals surface area contributed by atoms with E-state index in [1.54, 1.807) is 22.7 Å². The Bertz CT molecular complexity index is 1310. The van der Waals surface area contributed by atoms with Gasteiger partial charge in [-0.15, -0.1) is 0 Å². The third kappa shape index (κ3) is 2.81. The van der Waals surface area contributed by atoms with Crippen molar-refractivity contribution in [3.63, 3.8) is 0 Å². The van der Waals surface area contributed by atoms with E-state index in [1.807, 2.05) is 24.3 Å². The summed E-state index contributed by atoms with van der Waals surface area (Å²) in [6, 6.07) is 12.4. The minimum atomic E-state index is -0.423. The number of benzene rings is 2. The maximum Gasteiger partial charge on any atom is 0.262 e. The van der Waals surface area contributed by atoms with E-state index in [0.717, 1.165) is 16.5 Å². The molecule has 0 saturated heterocycles. The van der Waals surface area contributed by atoms with Crippen LogP contribution in [-0.4, -0.2) is 25.2 Å². The molecule has 146 valence electrons. The van der Waals surface area contributed by atoms with E-state index in [-0.39, 0.29) is 24.4 Å². The second kappa shape index (κ2) is 6.55. The highest BCUT2D eigenvalue weighted by Gasteiger charge is 2.23. The fraction of sp³-hybridized carbons (Fsp3) is 0.227. The summed E-state index contributed by atoms with van der Waals surface area (Å²) in [5.74, 6) is -0.447. The Labute approximate surface area is 165 Å². The zero-order valence-corrected chi connectivity index (χ0v) is 15.9. The molecule has 1 aliphatic rings. The van der Waals surface area contributed by atoms with E-state index in [2.05, 4.69) is 5.10 Å². The summed E-state index contributed by atoms with van der Waals surface area (Å²) in [5, 5.41) is 5.39. The van der Waals surface area contributed by atoms with Crippen LogP contribution in [0.25, 0.3) is 21.8 Å². The first kappa shape index (κ1) is 17.6. The molecule has 3 heterocycles. The van der Waals surface area contributed by atoms with Crippen LogP contribution in [0.2, 0.25) is 0 Å². The molecule has 0 atom stereocenters. The largest absolute Gasteiger partial charge is 0.334 e. The molecule has 1 aliphatic heterocycles. The van der Waals surface area contributed by atoms with Gasteiger partial charge >= 0.3 is 0 Å². The van der Waals surface area contributed by atoms with Crippen molar-refractivity contribution in [3.05, 3.63) is 76.0 Å². The van der Waals surface area contributed by atoms with Gasteiger partial charge in [0.2, 0.25) is 5.91 Å². The Balaban J connectivity index is 1.49. The average molecular weight is 390 g/mol. The normalized spacial score (nSPS) is 13.4. The number of hydrogen-bond donors (Lipinski definition) is 0. The average Bonchev–Trinajstić information content (AvgIpc) is 3.32. The lowest BCUT2D eigenvalue weighted by molar-refractivity contribution is -0.132. The molecular formula is C22H19FN4O2. The Hall–Kier alpha value is -3.48. The number of fused-ring (bicyclic) bond motifs is 4. The highest BCUT2D eigenvalue weighted by molar-refractivity contribution is 6.03. The number of carbonyl (C=O) groups is 1. The molecule has 0 N–H and O–H groups in total. The summed E-state index contributed by atoms with van der Waals surface area (Å²) in [4.78, 5) is 27.6. The molecule has 0 unspecified atom stereocenters. The third-order valence-corrected chi connectivity index (χ3v) is 5.66. The monoisotopic (exact) mass is 390 g/mol. The maximum absolute atomic E-state index is 14.0. The first-order valence-electron chi connectivity index (χ1n) is 9.51. The van der Waals surface area contributed by atoms with Crippen LogP contribution < -0.4 is 5.56 Å². The number of amides is 1. The first-order chi connectivity index (χ1) is 14.0. The van der Waals surface area contributed by atoms with Gasteiger partial charge in [-0.1, -0.05) is 24.3 Å². The fourth-order valence-electron chi connectivity index (χ4n) is 4.19. The number of nitrogens with zero attached hydrogens (tertiary/aromatic N) is 4. The van der Waals surface area contributed by atoms with Gasteiger partial charge < -0.3 is 9.47 Å². The molecule has 0 saturated carbocycles. The highest BCUT2D eigenvalue weighted by atomic mass is 19.1. The van der Waals surface area contributed by atoms with E-state index < -0.39 is 5.82 Å². The van der Waals surface area contributed by atoms with Crippen molar-refractivity contribution in [2.75, 3.05) is 0 Å².